The minimum Gasteiger partial charge on any atom is -0.459 e. The number of carbonyl (C=O) groups is 2. The molecule has 1 N–H and O–H groups in total. The molecule has 2 amide bonds. The second-order valence-electron chi connectivity index (χ2n) is 7.23. The second kappa shape index (κ2) is 8.00. The normalized spacial score (nSPS) is 17.2. The number of aryl methyl sites for hydroxylation is 2. The van der Waals surface area contributed by atoms with E-state index in [-0.39, 0.29) is 31.3 Å². The number of piperazine rings is 1. The van der Waals surface area contributed by atoms with Crippen molar-refractivity contribution in [2.24, 2.45) is 0 Å². The van der Waals surface area contributed by atoms with Crippen LogP contribution in [0.15, 0.2) is 45.9 Å². The van der Waals surface area contributed by atoms with Crippen LogP contribution in [0.4, 0.5) is 0 Å². The molecule has 0 saturated carbocycles. The van der Waals surface area contributed by atoms with E-state index in [0.29, 0.717) is 18.0 Å². The lowest BCUT2D eigenvalue weighted by Crippen LogP contribution is -2.52. The number of benzene rings is 1. The van der Waals surface area contributed by atoms with Crippen LogP contribution in [0, 0.1) is 0 Å². The quantitative estimate of drug-likeness (QED) is 0.783. The molecular formula is C20H23N3O5S. The molecule has 1 aliphatic heterocycles. The standard InChI is InChI=1S/C20H23N3O5S/c24-19(14-21-20(25)18-5-2-12-28-18)22-8-10-23(11-9-22)29(26,27)17-7-6-15-3-1-4-16(15)13-17/h2,5-7,12-13H,1,3-4,8-11,14H2,(H,21,25). The Bertz CT molecular complexity index is 1010. The minimum atomic E-state index is -3.57. The lowest BCUT2D eigenvalue weighted by Gasteiger charge is -2.34. The van der Waals surface area contributed by atoms with Crippen molar-refractivity contribution in [2.75, 3.05) is 32.7 Å². The molecule has 0 radical (unpaired) electrons. The number of rotatable bonds is 5. The van der Waals surface area contributed by atoms with E-state index >= 15 is 0 Å². The molecule has 2 aromatic rings. The summed E-state index contributed by atoms with van der Waals surface area (Å²) in [5, 5.41) is 2.52. The van der Waals surface area contributed by atoms with Gasteiger partial charge in [0.05, 0.1) is 17.7 Å². The van der Waals surface area contributed by atoms with Gasteiger partial charge in [-0.3, -0.25) is 9.59 Å². The number of amides is 2. The maximum absolute atomic E-state index is 13.0. The molecular weight excluding hydrogens is 394 g/mol. The van der Waals surface area contributed by atoms with Crippen molar-refractivity contribution in [3.8, 4) is 0 Å². The molecule has 0 atom stereocenters. The van der Waals surface area contributed by atoms with E-state index in [1.54, 1.807) is 23.1 Å². The predicted octanol–water partition coefficient (Wildman–Crippen LogP) is 1.03. The van der Waals surface area contributed by atoms with E-state index in [1.165, 1.54) is 22.2 Å². The van der Waals surface area contributed by atoms with Crippen molar-refractivity contribution < 1.29 is 22.4 Å². The Balaban J connectivity index is 1.32. The van der Waals surface area contributed by atoms with Gasteiger partial charge in [-0.25, -0.2) is 8.42 Å². The monoisotopic (exact) mass is 417 g/mol. The lowest BCUT2D eigenvalue weighted by atomic mass is 10.1. The SMILES string of the molecule is O=C(NCC(=O)N1CCN(S(=O)(=O)c2ccc3c(c2)CCC3)CC1)c1ccco1. The summed E-state index contributed by atoms with van der Waals surface area (Å²) in [4.78, 5) is 26.1. The summed E-state index contributed by atoms with van der Waals surface area (Å²) < 4.78 is 32.3. The fourth-order valence-corrected chi connectivity index (χ4v) is 5.27. The number of fused-ring (bicyclic) bond motifs is 1. The van der Waals surface area contributed by atoms with Gasteiger partial charge in [-0.1, -0.05) is 6.07 Å². The molecule has 0 unspecified atom stereocenters. The Kier molecular flexibility index (Phi) is 5.42. The summed E-state index contributed by atoms with van der Waals surface area (Å²) in [6.45, 7) is 0.894. The summed E-state index contributed by atoms with van der Waals surface area (Å²) in [7, 11) is -3.57. The molecule has 1 saturated heterocycles. The summed E-state index contributed by atoms with van der Waals surface area (Å²) in [6, 6.07) is 8.50. The highest BCUT2D eigenvalue weighted by molar-refractivity contribution is 7.89. The molecule has 1 aromatic carbocycles. The molecule has 0 bridgehead atoms. The van der Waals surface area contributed by atoms with Crippen molar-refractivity contribution in [2.45, 2.75) is 24.2 Å². The van der Waals surface area contributed by atoms with Crippen LogP contribution in [-0.4, -0.2) is 62.2 Å². The van der Waals surface area contributed by atoms with Crippen LogP contribution < -0.4 is 5.32 Å². The van der Waals surface area contributed by atoms with E-state index in [4.69, 9.17) is 4.42 Å². The van der Waals surface area contributed by atoms with Crippen molar-refractivity contribution in [1.29, 1.82) is 0 Å². The van der Waals surface area contributed by atoms with Crippen LogP contribution in [0.2, 0.25) is 0 Å². The molecule has 2 heterocycles. The Labute approximate surface area is 169 Å². The second-order valence-corrected chi connectivity index (χ2v) is 9.17. The fourth-order valence-electron chi connectivity index (χ4n) is 3.80. The number of nitrogens with zero attached hydrogens (tertiary/aromatic N) is 2. The van der Waals surface area contributed by atoms with Crippen LogP contribution in [0.1, 0.15) is 28.1 Å². The maximum atomic E-state index is 13.0. The molecule has 9 heteroatoms. The van der Waals surface area contributed by atoms with Crippen LogP contribution in [-0.2, 0) is 27.7 Å². The van der Waals surface area contributed by atoms with Gasteiger partial charge in [-0.05, 0) is 54.7 Å². The highest BCUT2D eigenvalue weighted by Gasteiger charge is 2.31. The third kappa shape index (κ3) is 4.06. The van der Waals surface area contributed by atoms with Gasteiger partial charge in [0.15, 0.2) is 5.76 Å². The topological polar surface area (TPSA) is 99.9 Å². The third-order valence-electron chi connectivity index (χ3n) is 5.44. The molecule has 29 heavy (non-hydrogen) atoms. The molecule has 1 aliphatic carbocycles. The number of hydrogen-bond acceptors (Lipinski definition) is 5. The summed E-state index contributed by atoms with van der Waals surface area (Å²) in [5.74, 6) is -0.566. The van der Waals surface area contributed by atoms with E-state index in [9.17, 15) is 18.0 Å². The zero-order valence-corrected chi connectivity index (χ0v) is 16.8. The van der Waals surface area contributed by atoms with Crippen LogP contribution in [0.5, 0.6) is 0 Å². The van der Waals surface area contributed by atoms with Gasteiger partial charge in [0, 0.05) is 26.2 Å². The van der Waals surface area contributed by atoms with Crippen LogP contribution >= 0.6 is 0 Å². The zero-order valence-electron chi connectivity index (χ0n) is 16.0. The Hall–Kier alpha value is -2.65. The van der Waals surface area contributed by atoms with Gasteiger partial charge >= 0.3 is 0 Å². The molecule has 2 aliphatic rings. The van der Waals surface area contributed by atoms with Gasteiger partial charge < -0.3 is 14.6 Å². The Morgan fingerprint density at radius 3 is 2.52 bits per heavy atom. The predicted molar refractivity (Wildman–Crippen MR) is 105 cm³/mol. The molecule has 154 valence electrons. The van der Waals surface area contributed by atoms with E-state index in [1.807, 2.05) is 6.07 Å². The minimum absolute atomic E-state index is 0.142. The zero-order chi connectivity index (χ0) is 20.4. The maximum Gasteiger partial charge on any atom is 0.287 e. The van der Waals surface area contributed by atoms with Gasteiger partial charge in [0.2, 0.25) is 15.9 Å². The first-order valence-corrected chi connectivity index (χ1v) is 11.1. The largest absolute Gasteiger partial charge is 0.459 e. The van der Waals surface area contributed by atoms with Gasteiger partial charge in [-0.2, -0.15) is 4.31 Å². The number of carbonyl (C=O) groups excluding carboxylic acids is 2. The van der Waals surface area contributed by atoms with Crippen molar-refractivity contribution in [3.63, 3.8) is 0 Å². The van der Waals surface area contributed by atoms with Gasteiger partial charge in [-0.15, -0.1) is 0 Å². The number of sulfonamides is 1. The first kappa shape index (κ1) is 19.7. The number of hydrogen-bond donors (Lipinski definition) is 1. The summed E-state index contributed by atoms with van der Waals surface area (Å²) in [5.41, 5.74) is 2.35. The van der Waals surface area contributed by atoms with E-state index < -0.39 is 15.9 Å². The molecule has 0 spiro atoms. The third-order valence-corrected chi connectivity index (χ3v) is 7.34. The molecule has 8 nitrogen and oxygen atoms in total. The van der Waals surface area contributed by atoms with Crippen molar-refractivity contribution >= 4 is 21.8 Å². The van der Waals surface area contributed by atoms with Gasteiger partial charge in [0.1, 0.15) is 0 Å². The van der Waals surface area contributed by atoms with Gasteiger partial charge in [0.25, 0.3) is 5.91 Å². The molecule has 1 fully saturated rings. The highest BCUT2D eigenvalue weighted by atomic mass is 32.2. The molecule has 4 rings (SSSR count). The smallest absolute Gasteiger partial charge is 0.287 e. The number of furan rings is 1. The Morgan fingerprint density at radius 1 is 1.03 bits per heavy atom. The first-order chi connectivity index (χ1) is 13.9. The average molecular weight is 417 g/mol. The van der Waals surface area contributed by atoms with Crippen molar-refractivity contribution in [1.82, 2.24) is 14.5 Å². The van der Waals surface area contributed by atoms with Crippen molar-refractivity contribution in [3.05, 3.63) is 53.5 Å². The van der Waals surface area contributed by atoms with E-state index in [0.717, 1.165) is 24.8 Å². The average Bonchev–Trinajstić information content (AvgIpc) is 3.43. The Morgan fingerprint density at radius 2 is 1.79 bits per heavy atom. The van der Waals surface area contributed by atoms with E-state index in [2.05, 4.69) is 5.32 Å². The highest BCUT2D eigenvalue weighted by Crippen LogP contribution is 2.26. The molecule has 1 aromatic heterocycles. The fraction of sp³-hybridized carbons (Fsp3) is 0.400. The summed E-state index contributed by atoms with van der Waals surface area (Å²) >= 11 is 0. The lowest BCUT2D eigenvalue weighted by molar-refractivity contribution is -0.131. The van der Waals surface area contributed by atoms with Crippen LogP contribution in [0.3, 0.4) is 0 Å². The number of nitrogens with one attached hydrogen (secondary N) is 1. The first-order valence-electron chi connectivity index (χ1n) is 9.66. The van der Waals surface area contributed by atoms with Crippen LogP contribution in [0.25, 0.3) is 0 Å². The summed E-state index contributed by atoms with van der Waals surface area (Å²) in [6.07, 6.45) is 4.38.